The van der Waals surface area contributed by atoms with Crippen LogP contribution in [0, 0.1) is 0 Å². The monoisotopic (exact) mass is 370 g/mol. The van der Waals surface area contributed by atoms with E-state index in [4.69, 9.17) is 10.5 Å². The number of para-hydroxylation sites is 1. The fourth-order valence-electron chi connectivity index (χ4n) is 1.83. The van der Waals surface area contributed by atoms with Crippen molar-refractivity contribution in [1.82, 2.24) is 4.72 Å². The Morgan fingerprint density at radius 2 is 1.95 bits per heavy atom. The number of anilines is 1. The van der Waals surface area contributed by atoms with Gasteiger partial charge in [-0.15, -0.1) is 0 Å². The Labute approximate surface area is 132 Å². The van der Waals surface area contributed by atoms with Crippen LogP contribution in [0.4, 0.5) is 5.69 Å². The highest BCUT2D eigenvalue weighted by atomic mass is 79.9. The molecule has 2 aromatic rings. The van der Waals surface area contributed by atoms with Gasteiger partial charge in [-0.05, 0) is 40.2 Å². The highest BCUT2D eigenvalue weighted by Crippen LogP contribution is 2.25. The second-order valence-electron chi connectivity index (χ2n) is 4.33. The highest BCUT2D eigenvalue weighted by Gasteiger charge is 2.18. The first-order valence-corrected chi connectivity index (χ1v) is 8.38. The van der Waals surface area contributed by atoms with Crippen LogP contribution in [0.25, 0.3) is 0 Å². The molecule has 2 rings (SSSR count). The second-order valence-corrected chi connectivity index (χ2v) is 6.92. The first kappa shape index (κ1) is 15.8. The molecule has 0 unspecified atom stereocenters. The third kappa shape index (κ3) is 3.75. The van der Waals surface area contributed by atoms with E-state index in [-0.39, 0.29) is 11.4 Å². The number of rotatable bonds is 5. The molecule has 112 valence electrons. The van der Waals surface area contributed by atoms with Crippen LogP contribution in [0.2, 0.25) is 0 Å². The lowest BCUT2D eigenvalue weighted by Crippen LogP contribution is -2.23. The van der Waals surface area contributed by atoms with E-state index < -0.39 is 10.0 Å². The molecule has 2 aromatic carbocycles. The van der Waals surface area contributed by atoms with Gasteiger partial charge in [-0.1, -0.05) is 18.2 Å². The van der Waals surface area contributed by atoms with Gasteiger partial charge in [0.15, 0.2) is 0 Å². The lowest BCUT2D eigenvalue weighted by atomic mass is 10.2. The Morgan fingerprint density at radius 3 is 2.62 bits per heavy atom. The number of nitrogens with one attached hydrogen (secondary N) is 1. The molecule has 0 radical (unpaired) electrons. The number of nitrogen functional groups attached to an aromatic ring is 1. The zero-order valence-electron chi connectivity index (χ0n) is 11.3. The SMILES string of the molecule is COc1ccccc1CNS(=O)(=O)c1ccc(N)cc1Br. The van der Waals surface area contributed by atoms with Crippen LogP contribution in [-0.2, 0) is 16.6 Å². The molecular formula is C14H15BrN2O3S. The summed E-state index contributed by atoms with van der Waals surface area (Å²) in [7, 11) is -2.09. The van der Waals surface area contributed by atoms with E-state index in [0.717, 1.165) is 5.56 Å². The van der Waals surface area contributed by atoms with E-state index in [1.165, 1.54) is 6.07 Å². The molecule has 0 saturated carbocycles. The fraction of sp³-hybridized carbons (Fsp3) is 0.143. The van der Waals surface area contributed by atoms with Crippen LogP contribution < -0.4 is 15.2 Å². The van der Waals surface area contributed by atoms with Crippen LogP contribution in [0.1, 0.15) is 5.56 Å². The minimum absolute atomic E-state index is 0.142. The Kier molecular flexibility index (Phi) is 4.87. The number of halogens is 1. The molecule has 0 bridgehead atoms. The molecule has 0 aliphatic heterocycles. The van der Waals surface area contributed by atoms with Crippen molar-refractivity contribution in [3.63, 3.8) is 0 Å². The number of nitrogens with two attached hydrogens (primary N) is 1. The van der Waals surface area contributed by atoms with Gasteiger partial charge in [0, 0.05) is 22.3 Å². The normalized spacial score (nSPS) is 11.3. The highest BCUT2D eigenvalue weighted by molar-refractivity contribution is 9.10. The zero-order valence-corrected chi connectivity index (χ0v) is 13.7. The van der Waals surface area contributed by atoms with E-state index in [2.05, 4.69) is 20.7 Å². The van der Waals surface area contributed by atoms with E-state index in [9.17, 15) is 8.42 Å². The molecule has 0 fully saturated rings. The molecule has 0 aliphatic rings. The number of hydrogen-bond acceptors (Lipinski definition) is 4. The first-order valence-electron chi connectivity index (χ1n) is 6.10. The number of hydrogen-bond donors (Lipinski definition) is 2. The summed E-state index contributed by atoms with van der Waals surface area (Å²) in [5, 5.41) is 0. The standard InChI is InChI=1S/C14H15BrN2O3S/c1-20-13-5-3-2-4-10(13)9-17-21(18,19)14-7-6-11(16)8-12(14)15/h2-8,17H,9,16H2,1H3. The fourth-order valence-corrected chi connectivity index (χ4v) is 3.93. The Hall–Kier alpha value is -1.57. The van der Waals surface area contributed by atoms with Gasteiger partial charge >= 0.3 is 0 Å². The van der Waals surface area contributed by atoms with Gasteiger partial charge < -0.3 is 10.5 Å². The zero-order chi connectivity index (χ0) is 15.5. The predicted molar refractivity (Wildman–Crippen MR) is 85.6 cm³/mol. The van der Waals surface area contributed by atoms with E-state index in [0.29, 0.717) is 15.9 Å². The van der Waals surface area contributed by atoms with Gasteiger partial charge in [-0.2, -0.15) is 0 Å². The Balaban J connectivity index is 2.22. The molecule has 0 saturated heterocycles. The van der Waals surface area contributed by atoms with Crippen molar-refractivity contribution < 1.29 is 13.2 Å². The van der Waals surface area contributed by atoms with Crippen LogP contribution in [0.5, 0.6) is 5.75 Å². The molecule has 0 amide bonds. The summed E-state index contributed by atoms with van der Waals surface area (Å²) < 4.78 is 32.8. The Bertz CT molecular complexity index is 748. The van der Waals surface area contributed by atoms with E-state index >= 15 is 0 Å². The van der Waals surface area contributed by atoms with Crippen molar-refractivity contribution in [2.24, 2.45) is 0 Å². The predicted octanol–water partition coefficient (Wildman–Crippen LogP) is 2.52. The largest absolute Gasteiger partial charge is 0.496 e. The number of benzene rings is 2. The maximum absolute atomic E-state index is 12.3. The summed E-state index contributed by atoms with van der Waals surface area (Å²) >= 11 is 3.21. The molecular weight excluding hydrogens is 356 g/mol. The molecule has 0 heterocycles. The van der Waals surface area contributed by atoms with Crippen LogP contribution in [0.15, 0.2) is 51.8 Å². The number of methoxy groups -OCH3 is 1. The van der Waals surface area contributed by atoms with Crippen molar-refractivity contribution in [2.75, 3.05) is 12.8 Å². The lowest BCUT2D eigenvalue weighted by molar-refractivity contribution is 0.409. The van der Waals surface area contributed by atoms with Crippen LogP contribution in [0.3, 0.4) is 0 Å². The Morgan fingerprint density at radius 1 is 1.24 bits per heavy atom. The molecule has 0 atom stereocenters. The van der Waals surface area contributed by atoms with Crippen molar-refractivity contribution in [1.29, 1.82) is 0 Å². The summed E-state index contributed by atoms with van der Waals surface area (Å²) in [5.41, 5.74) is 6.86. The quantitative estimate of drug-likeness (QED) is 0.792. The van der Waals surface area contributed by atoms with Crippen molar-refractivity contribution >= 4 is 31.6 Å². The minimum Gasteiger partial charge on any atom is -0.496 e. The van der Waals surface area contributed by atoms with Crippen LogP contribution in [-0.4, -0.2) is 15.5 Å². The summed E-state index contributed by atoms with van der Waals surface area (Å²) in [6.07, 6.45) is 0. The van der Waals surface area contributed by atoms with E-state index in [1.54, 1.807) is 31.4 Å². The lowest BCUT2D eigenvalue weighted by Gasteiger charge is -2.11. The van der Waals surface area contributed by atoms with Gasteiger partial charge in [0.25, 0.3) is 0 Å². The molecule has 7 heteroatoms. The average molecular weight is 371 g/mol. The number of sulfonamides is 1. The minimum atomic E-state index is -3.64. The van der Waals surface area contributed by atoms with Gasteiger partial charge in [0.1, 0.15) is 5.75 Å². The maximum atomic E-state index is 12.3. The van der Waals surface area contributed by atoms with Gasteiger partial charge in [-0.3, -0.25) is 0 Å². The summed E-state index contributed by atoms with van der Waals surface area (Å²) in [6.45, 7) is 0.142. The summed E-state index contributed by atoms with van der Waals surface area (Å²) in [4.78, 5) is 0.145. The molecule has 5 nitrogen and oxygen atoms in total. The first-order chi connectivity index (χ1) is 9.94. The number of ether oxygens (including phenoxy) is 1. The molecule has 3 N–H and O–H groups in total. The molecule has 0 spiro atoms. The van der Waals surface area contributed by atoms with Gasteiger partial charge in [0.2, 0.25) is 10.0 Å². The topological polar surface area (TPSA) is 81.4 Å². The summed E-state index contributed by atoms with van der Waals surface area (Å²) in [6, 6.07) is 11.8. The molecule has 0 aromatic heterocycles. The summed E-state index contributed by atoms with van der Waals surface area (Å²) in [5.74, 6) is 0.636. The van der Waals surface area contributed by atoms with Crippen LogP contribution >= 0.6 is 15.9 Å². The molecule has 21 heavy (non-hydrogen) atoms. The smallest absolute Gasteiger partial charge is 0.241 e. The average Bonchev–Trinajstić information content (AvgIpc) is 2.45. The second kappa shape index (κ2) is 6.46. The maximum Gasteiger partial charge on any atom is 0.241 e. The van der Waals surface area contributed by atoms with Crippen molar-refractivity contribution in [3.05, 3.63) is 52.5 Å². The van der Waals surface area contributed by atoms with E-state index in [1.807, 2.05) is 12.1 Å². The van der Waals surface area contributed by atoms with Crippen molar-refractivity contribution in [2.45, 2.75) is 11.4 Å². The third-order valence-electron chi connectivity index (χ3n) is 2.89. The third-order valence-corrected chi connectivity index (χ3v) is 5.27. The van der Waals surface area contributed by atoms with Crippen molar-refractivity contribution in [3.8, 4) is 5.75 Å². The van der Waals surface area contributed by atoms with Gasteiger partial charge in [0.05, 0.1) is 12.0 Å². The molecule has 0 aliphatic carbocycles. The van der Waals surface area contributed by atoms with Gasteiger partial charge in [-0.25, -0.2) is 13.1 Å².